The van der Waals surface area contributed by atoms with E-state index in [4.69, 9.17) is 10.2 Å². The van der Waals surface area contributed by atoms with Crippen LogP contribution in [0.2, 0.25) is 0 Å². The summed E-state index contributed by atoms with van der Waals surface area (Å²) in [4.78, 5) is 9.97. The van der Waals surface area contributed by atoms with Crippen molar-refractivity contribution in [3.63, 3.8) is 0 Å². The van der Waals surface area contributed by atoms with Crippen LogP contribution in [0.4, 0.5) is 0 Å². The van der Waals surface area contributed by atoms with Crippen LogP contribution in [-0.2, 0) is 9.36 Å². The van der Waals surface area contributed by atoms with Gasteiger partial charge in [0.25, 0.3) is 0 Å². The van der Waals surface area contributed by atoms with Crippen LogP contribution in [0.5, 0.6) is 0 Å². The average molecular weight is 153 g/mol. The molecule has 0 aromatic carbocycles. The Labute approximate surface area is 52.9 Å². The van der Waals surface area contributed by atoms with Crippen molar-refractivity contribution in [3.05, 3.63) is 0 Å². The van der Waals surface area contributed by atoms with E-state index >= 15 is 0 Å². The molecule has 0 bridgehead atoms. The molecule has 0 radical (unpaired) electrons. The van der Waals surface area contributed by atoms with Crippen molar-refractivity contribution in [2.75, 3.05) is 6.61 Å². The van der Waals surface area contributed by atoms with E-state index in [-0.39, 0.29) is 0 Å². The van der Waals surface area contributed by atoms with Gasteiger partial charge in [-0.2, -0.15) is 0 Å². The van der Waals surface area contributed by atoms with E-state index in [1.165, 1.54) is 0 Å². The lowest BCUT2D eigenvalue weighted by Crippen LogP contribution is -2.33. The van der Waals surface area contributed by atoms with E-state index in [1.807, 2.05) is 0 Å². The molecule has 0 aliphatic heterocycles. The lowest BCUT2D eigenvalue weighted by Gasteiger charge is -2.03. The van der Waals surface area contributed by atoms with Crippen LogP contribution in [0.25, 0.3) is 0 Å². The molecular formula is C3H8NO4P. The molecule has 0 rings (SSSR count). The summed E-state index contributed by atoms with van der Waals surface area (Å²) in [7, 11) is -1.32. The van der Waals surface area contributed by atoms with Gasteiger partial charge in [-0.3, -0.25) is 9.88 Å². The van der Waals surface area contributed by atoms with Crippen molar-refractivity contribution in [2.45, 2.75) is 6.04 Å². The number of nitrogens with one attached hydrogen (secondary N) is 1. The van der Waals surface area contributed by atoms with E-state index in [1.54, 1.807) is 0 Å². The van der Waals surface area contributed by atoms with Crippen LogP contribution in [0.3, 0.4) is 0 Å². The highest BCUT2D eigenvalue weighted by atomic mass is 31.1. The molecule has 0 aliphatic carbocycles. The van der Waals surface area contributed by atoms with E-state index in [0.717, 1.165) is 0 Å². The van der Waals surface area contributed by atoms with Gasteiger partial charge in [-0.1, -0.05) is 0 Å². The molecule has 6 heteroatoms. The third-order valence-corrected chi connectivity index (χ3v) is 1.29. The first-order valence-electron chi connectivity index (χ1n) is 2.25. The lowest BCUT2D eigenvalue weighted by atomic mass is 10.3. The molecule has 0 fully saturated rings. The molecule has 0 spiro atoms. The molecule has 2 atom stereocenters. The Morgan fingerprint density at radius 2 is 2.33 bits per heavy atom. The topological polar surface area (TPSA) is 86.6 Å². The van der Waals surface area contributed by atoms with Crippen molar-refractivity contribution in [1.29, 1.82) is 0 Å². The van der Waals surface area contributed by atoms with Crippen LogP contribution in [0.1, 0.15) is 0 Å². The molecule has 5 nitrogen and oxygen atoms in total. The van der Waals surface area contributed by atoms with Gasteiger partial charge in [0.15, 0.2) is 0 Å². The Hall–Kier alpha value is -0.380. The maximum absolute atomic E-state index is 9.97. The predicted octanol–water partition coefficient (Wildman–Crippen LogP) is -1.31. The molecule has 9 heavy (non-hydrogen) atoms. The first-order chi connectivity index (χ1) is 4.22. The number of carbonyl (C=O) groups is 1. The molecule has 0 saturated heterocycles. The second kappa shape index (κ2) is 4.49. The van der Waals surface area contributed by atoms with Crippen LogP contribution in [0.15, 0.2) is 0 Å². The van der Waals surface area contributed by atoms with Gasteiger partial charge in [-0.25, -0.2) is 0 Å². The summed E-state index contributed by atoms with van der Waals surface area (Å²) in [5.74, 6) is -1.19. The van der Waals surface area contributed by atoms with Crippen molar-refractivity contribution in [1.82, 2.24) is 5.09 Å². The number of carboxylic acid groups (broad SMARTS) is 1. The molecule has 0 aliphatic rings. The standard InChI is InChI=1S/C3H8NO4P/c5-1-2(3(6)7)4-9-8/h2,5H,1,9H2,(H,4,8)(H,6,7). The average Bonchev–Trinajstić information content (AvgIpc) is 1.82. The summed E-state index contributed by atoms with van der Waals surface area (Å²) in [6.07, 6.45) is 0. The van der Waals surface area contributed by atoms with Gasteiger partial charge in [0, 0.05) is 0 Å². The summed E-state index contributed by atoms with van der Waals surface area (Å²) in [6.45, 7) is -0.537. The summed E-state index contributed by atoms with van der Waals surface area (Å²) >= 11 is 0. The Kier molecular flexibility index (Phi) is 4.30. The van der Waals surface area contributed by atoms with Crippen LogP contribution >= 0.6 is 8.61 Å². The van der Waals surface area contributed by atoms with Crippen LogP contribution in [0, 0.1) is 0 Å². The van der Waals surface area contributed by atoms with E-state index < -0.39 is 27.2 Å². The van der Waals surface area contributed by atoms with Gasteiger partial charge in [-0.05, 0) is 0 Å². The molecular weight excluding hydrogens is 145 g/mol. The Morgan fingerprint density at radius 3 is 2.44 bits per heavy atom. The summed E-state index contributed by atoms with van der Waals surface area (Å²) < 4.78 is 9.80. The smallest absolute Gasteiger partial charge is 0.323 e. The van der Waals surface area contributed by atoms with Crippen LogP contribution in [-0.4, -0.2) is 28.8 Å². The van der Waals surface area contributed by atoms with Gasteiger partial charge in [-0.15, -0.1) is 0 Å². The largest absolute Gasteiger partial charge is 0.480 e. The van der Waals surface area contributed by atoms with E-state index in [9.17, 15) is 9.36 Å². The third-order valence-electron chi connectivity index (χ3n) is 0.750. The van der Waals surface area contributed by atoms with Crippen molar-refractivity contribution >= 4 is 14.6 Å². The fourth-order valence-electron chi connectivity index (χ4n) is 0.284. The normalized spacial score (nSPS) is 14.3. The second-order valence-electron chi connectivity index (χ2n) is 1.36. The SMILES string of the molecule is O=[PH2]NC(CO)C(=O)O. The van der Waals surface area contributed by atoms with Gasteiger partial charge < -0.3 is 14.8 Å². The molecule has 0 saturated carbocycles. The van der Waals surface area contributed by atoms with Crippen molar-refractivity contribution in [2.24, 2.45) is 0 Å². The van der Waals surface area contributed by atoms with E-state index in [2.05, 4.69) is 5.09 Å². The minimum atomic E-state index is -1.32. The number of hydrogen-bond acceptors (Lipinski definition) is 3. The quantitative estimate of drug-likeness (QED) is 0.436. The molecule has 2 unspecified atom stereocenters. The lowest BCUT2D eigenvalue weighted by molar-refractivity contribution is -0.139. The first kappa shape index (κ1) is 8.62. The number of aliphatic hydroxyl groups is 1. The van der Waals surface area contributed by atoms with E-state index in [0.29, 0.717) is 0 Å². The minimum Gasteiger partial charge on any atom is -0.480 e. The minimum absolute atomic E-state index is 0.537. The highest BCUT2D eigenvalue weighted by Crippen LogP contribution is 1.88. The first-order valence-corrected chi connectivity index (χ1v) is 3.30. The maximum Gasteiger partial charge on any atom is 0.323 e. The highest BCUT2D eigenvalue weighted by molar-refractivity contribution is 7.21. The van der Waals surface area contributed by atoms with Gasteiger partial charge in [0.2, 0.25) is 0 Å². The number of aliphatic hydroxyl groups excluding tert-OH is 1. The molecule has 0 aromatic heterocycles. The summed E-state index contributed by atoms with van der Waals surface area (Å²) in [5.41, 5.74) is 0. The fourth-order valence-corrected chi connectivity index (χ4v) is 0.696. The second-order valence-corrected chi connectivity index (χ2v) is 1.93. The van der Waals surface area contributed by atoms with Gasteiger partial charge >= 0.3 is 5.97 Å². The maximum atomic E-state index is 9.97. The molecule has 0 aromatic rings. The van der Waals surface area contributed by atoms with Crippen LogP contribution < -0.4 is 5.09 Å². The zero-order chi connectivity index (χ0) is 7.28. The summed E-state index contributed by atoms with van der Waals surface area (Å²) in [6, 6.07) is -1.09. The zero-order valence-electron chi connectivity index (χ0n) is 4.57. The van der Waals surface area contributed by atoms with Gasteiger partial charge in [0.05, 0.1) is 6.61 Å². The Bertz CT molecular complexity index is 116. The Balaban J connectivity index is 3.67. The highest BCUT2D eigenvalue weighted by Gasteiger charge is 2.12. The third kappa shape index (κ3) is 3.24. The monoisotopic (exact) mass is 153 g/mol. The number of hydrogen-bond donors (Lipinski definition) is 3. The number of rotatable bonds is 4. The van der Waals surface area contributed by atoms with Crippen molar-refractivity contribution < 1.29 is 19.6 Å². The summed E-state index contributed by atoms with van der Waals surface area (Å²) in [5, 5.41) is 18.5. The molecule has 0 amide bonds. The number of aliphatic carboxylic acids is 1. The molecule has 54 valence electrons. The molecule has 0 heterocycles. The molecule has 3 N–H and O–H groups in total. The Morgan fingerprint density at radius 1 is 1.78 bits per heavy atom. The predicted molar refractivity (Wildman–Crippen MR) is 32.0 cm³/mol. The van der Waals surface area contributed by atoms with Crippen molar-refractivity contribution in [3.8, 4) is 0 Å². The zero-order valence-corrected chi connectivity index (χ0v) is 5.73. The van der Waals surface area contributed by atoms with Gasteiger partial charge in [0.1, 0.15) is 14.7 Å². The fraction of sp³-hybridized carbons (Fsp3) is 0.667. The number of carboxylic acids is 1.